The van der Waals surface area contributed by atoms with Gasteiger partial charge in [0.2, 0.25) is 0 Å². The minimum atomic E-state index is -6.37. The molecule has 120 valence electrons. The van der Waals surface area contributed by atoms with Gasteiger partial charge in [0, 0.05) is 0 Å². The van der Waals surface area contributed by atoms with Gasteiger partial charge >= 0.3 is 21.0 Å². The number of anilines is 1. The maximum atomic E-state index is 12.9. The number of halogens is 6. The smallest absolute Gasteiger partial charge is 0.195 e. The maximum absolute atomic E-state index is 12.9. The second kappa shape index (κ2) is 4.66. The fraction of sp³-hybridized carbons (Fsp3) is 0.250. The van der Waals surface area contributed by atoms with Crippen molar-refractivity contribution in [2.24, 2.45) is 0 Å². The number of para-hydroxylation sites is 1. The van der Waals surface area contributed by atoms with Crippen molar-refractivity contribution in [3.8, 4) is 0 Å². The summed E-state index contributed by atoms with van der Waals surface area (Å²) < 4.78 is 106. The van der Waals surface area contributed by atoms with E-state index in [1.54, 1.807) is 0 Å². The molecule has 21 heavy (non-hydrogen) atoms. The summed E-state index contributed by atoms with van der Waals surface area (Å²) >= 11 is 0. The summed E-state index contributed by atoms with van der Waals surface area (Å²) in [4.78, 5) is 0. The van der Waals surface area contributed by atoms with Gasteiger partial charge in [-0.15, -0.1) is 16.9 Å². The second-order valence-electron chi connectivity index (χ2n) is 3.57. The zero-order valence-corrected chi connectivity index (χ0v) is 11.2. The van der Waals surface area contributed by atoms with Crippen molar-refractivity contribution in [3.63, 3.8) is 0 Å². The molecule has 1 aromatic carbocycles. The number of rotatable bonds is 3. The van der Waals surface area contributed by atoms with E-state index in [1.165, 1.54) is 6.07 Å². The molecule has 0 aromatic heterocycles. The first-order chi connectivity index (χ1) is 9.43. The number of alkyl halides is 6. The normalized spacial score (nSPS) is 19.9. The lowest BCUT2D eigenvalue weighted by atomic mass is 10.3. The van der Waals surface area contributed by atoms with Gasteiger partial charge in [-0.05, 0) is 12.1 Å². The van der Waals surface area contributed by atoms with E-state index in [0.29, 0.717) is 0 Å². The third-order valence-corrected chi connectivity index (χ3v) is 6.22. The molecule has 0 saturated carbocycles. The summed E-state index contributed by atoms with van der Waals surface area (Å²) in [5, 5.41) is 0. The summed E-state index contributed by atoms with van der Waals surface area (Å²) in [6.07, 6.45) is 0. The predicted octanol–water partition coefficient (Wildman–Crippen LogP) is 3.37. The van der Waals surface area contributed by atoms with Crippen LogP contribution in [-0.4, -0.2) is 19.4 Å². The van der Waals surface area contributed by atoms with E-state index in [4.69, 9.17) is 0 Å². The number of nitrogens with zero attached hydrogens (tertiary/aromatic N) is 1. The highest BCUT2D eigenvalue weighted by Crippen LogP contribution is 2.79. The third kappa shape index (κ3) is 2.54. The van der Waals surface area contributed by atoms with Gasteiger partial charge in [-0.25, -0.2) is 0 Å². The van der Waals surface area contributed by atoms with Crippen LogP contribution in [0, 0.1) is 0 Å². The molecule has 1 aromatic rings. The Hall–Kier alpha value is -1.18. The monoisotopic (exact) mass is 357 g/mol. The van der Waals surface area contributed by atoms with Crippen LogP contribution in [0.1, 0.15) is 0 Å². The molecule has 0 bridgehead atoms. The Labute approximate surface area is 115 Å². The van der Waals surface area contributed by atoms with E-state index in [9.17, 15) is 34.8 Å². The highest BCUT2D eigenvalue weighted by molar-refractivity contribution is 8.37. The molecule has 2 rings (SSSR count). The largest absolute Gasteiger partial charge is 0.520 e. The van der Waals surface area contributed by atoms with Crippen LogP contribution in [0.25, 0.3) is 0 Å². The van der Waals surface area contributed by atoms with Gasteiger partial charge in [-0.2, -0.15) is 21.6 Å². The van der Waals surface area contributed by atoms with Gasteiger partial charge in [0.05, 0.1) is 16.5 Å². The summed E-state index contributed by atoms with van der Waals surface area (Å²) in [7, 11) is -11.4. The zero-order valence-electron chi connectivity index (χ0n) is 9.55. The Kier molecular flexibility index (Phi) is 3.59. The number of sulfonamides is 1. The highest BCUT2D eigenvalue weighted by Gasteiger charge is 2.72. The maximum Gasteiger partial charge on any atom is 0.520 e. The minimum absolute atomic E-state index is 0.759. The molecule has 1 saturated heterocycles. The fourth-order valence-electron chi connectivity index (χ4n) is 1.30. The minimum Gasteiger partial charge on any atom is -0.195 e. The average Bonchev–Trinajstić information content (AvgIpc) is 3.09. The number of hydrogen-bond acceptors (Lipinski definition) is 4. The Morgan fingerprint density at radius 2 is 1.43 bits per heavy atom. The molecule has 0 radical (unpaired) electrons. The first-order valence-electron chi connectivity index (χ1n) is 4.87. The number of benzene rings is 1. The number of hydrogen-bond donors (Lipinski definition) is 0. The predicted molar refractivity (Wildman–Crippen MR) is 59.7 cm³/mol. The van der Waals surface area contributed by atoms with Crippen molar-refractivity contribution in [2.45, 2.75) is 11.0 Å². The molecular weight excluding hydrogens is 352 g/mol. The van der Waals surface area contributed by atoms with E-state index in [1.807, 2.05) is 0 Å². The van der Waals surface area contributed by atoms with Gasteiger partial charge in [-0.3, -0.25) is 0 Å². The standard InChI is InChI=1S/C8H5F6NO4S2/c9-7(10,11)20(16,17)15(6-4-2-1-3-5-6)21(18-19-21)8(12,13)14/h1-5H. The first-order valence-corrected chi connectivity index (χ1v) is 7.76. The SMILES string of the molecule is O=S(=O)(N(c1ccccc1)S1(C(F)(F)F)OO1)C(F)(F)F. The highest BCUT2D eigenvalue weighted by atomic mass is 32.3. The third-order valence-electron chi connectivity index (χ3n) is 2.19. The lowest BCUT2D eigenvalue weighted by Crippen LogP contribution is -2.42. The van der Waals surface area contributed by atoms with E-state index in [0.717, 1.165) is 24.3 Å². The Morgan fingerprint density at radius 1 is 0.952 bits per heavy atom. The van der Waals surface area contributed by atoms with Crippen molar-refractivity contribution in [1.29, 1.82) is 0 Å². The van der Waals surface area contributed by atoms with Crippen LogP contribution in [0.4, 0.5) is 32.0 Å². The summed E-state index contributed by atoms with van der Waals surface area (Å²) in [5.41, 5.74) is -12.3. The van der Waals surface area contributed by atoms with Crippen molar-refractivity contribution in [2.75, 3.05) is 3.71 Å². The molecule has 0 N–H and O–H groups in total. The Balaban J connectivity index is 2.64. The van der Waals surface area contributed by atoms with Crippen molar-refractivity contribution in [3.05, 3.63) is 30.3 Å². The van der Waals surface area contributed by atoms with Crippen molar-refractivity contribution < 1.29 is 43.4 Å². The van der Waals surface area contributed by atoms with Crippen LogP contribution < -0.4 is 3.71 Å². The molecule has 1 aliphatic rings. The first kappa shape index (κ1) is 16.2. The van der Waals surface area contributed by atoms with Crippen molar-refractivity contribution >= 4 is 26.5 Å². The molecule has 0 spiro atoms. The van der Waals surface area contributed by atoms with Gasteiger partial charge < -0.3 is 0 Å². The van der Waals surface area contributed by atoms with E-state index >= 15 is 0 Å². The second-order valence-corrected chi connectivity index (χ2v) is 7.63. The van der Waals surface area contributed by atoms with Gasteiger partial charge in [0.1, 0.15) is 0 Å². The summed E-state index contributed by atoms with van der Waals surface area (Å²) in [6, 6.07) is 4.94. The Morgan fingerprint density at radius 3 is 1.76 bits per heavy atom. The molecule has 0 aliphatic carbocycles. The zero-order chi connectivity index (χ0) is 16.1. The molecule has 0 amide bonds. The van der Waals surface area contributed by atoms with Gasteiger partial charge in [0.15, 0.2) is 0 Å². The van der Waals surface area contributed by atoms with Gasteiger partial charge in [-0.1, -0.05) is 26.9 Å². The summed E-state index contributed by atoms with van der Waals surface area (Å²) in [6.45, 7) is 0. The molecule has 13 heteroatoms. The van der Waals surface area contributed by atoms with Crippen LogP contribution in [0.3, 0.4) is 0 Å². The fourth-order valence-corrected chi connectivity index (χ4v) is 4.64. The molecule has 1 heterocycles. The van der Waals surface area contributed by atoms with Crippen LogP contribution in [0.15, 0.2) is 30.3 Å². The van der Waals surface area contributed by atoms with Crippen LogP contribution in [0.2, 0.25) is 0 Å². The Bertz CT molecular complexity index is 624. The van der Waals surface area contributed by atoms with E-state index in [2.05, 4.69) is 8.67 Å². The van der Waals surface area contributed by atoms with E-state index in [-0.39, 0.29) is 0 Å². The van der Waals surface area contributed by atoms with Crippen molar-refractivity contribution in [1.82, 2.24) is 0 Å². The van der Waals surface area contributed by atoms with Crippen LogP contribution in [0.5, 0.6) is 0 Å². The molecule has 1 fully saturated rings. The molecule has 0 unspecified atom stereocenters. The molecule has 5 nitrogen and oxygen atoms in total. The lowest BCUT2D eigenvalue weighted by Gasteiger charge is -2.32. The van der Waals surface area contributed by atoms with Crippen LogP contribution in [-0.2, 0) is 18.7 Å². The lowest BCUT2D eigenvalue weighted by molar-refractivity contribution is -0.0445. The summed E-state index contributed by atoms with van der Waals surface area (Å²) in [5.74, 6) is 0. The average molecular weight is 357 g/mol. The topological polar surface area (TPSA) is 62.4 Å². The molecular formula is C8H5F6NO4S2. The molecule has 1 aliphatic heterocycles. The van der Waals surface area contributed by atoms with E-state index < -0.39 is 41.2 Å². The quantitative estimate of drug-likeness (QED) is 0.473. The van der Waals surface area contributed by atoms with Crippen LogP contribution >= 0.6 is 10.8 Å². The molecule has 0 atom stereocenters. The van der Waals surface area contributed by atoms with Gasteiger partial charge in [0.25, 0.3) is 0 Å².